The molecule has 1 amide bonds. The Morgan fingerprint density at radius 3 is 3.00 bits per heavy atom. The molecule has 0 aromatic heterocycles. The van der Waals surface area contributed by atoms with Crippen molar-refractivity contribution in [3.05, 3.63) is 17.7 Å². The molecule has 2 heterocycles. The molecule has 0 unspecified atom stereocenters. The zero-order valence-electron chi connectivity index (χ0n) is 13.1. The molecule has 9 heteroatoms. The summed E-state index contributed by atoms with van der Waals surface area (Å²) in [6, 6.07) is 3.44. The molecule has 2 aliphatic heterocycles. The molecule has 130 valence electrons. The largest absolute Gasteiger partial charge is 0.493 e. The van der Waals surface area contributed by atoms with Gasteiger partial charge >= 0.3 is 0 Å². The van der Waals surface area contributed by atoms with E-state index in [0.29, 0.717) is 29.2 Å². The van der Waals surface area contributed by atoms with E-state index < -0.39 is 9.84 Å². The lowest BCUT2D eigenvalue weighted by atomic mass is 10.1. The van der Waals surface area contributed by atoms with Crippen molar-refractivity contribution in [3.8, 4) is 17.2 Å². The van der Waals surface area contributed by atoms with Gasteiger partial charge in [-0.1, -0.05) is 0 Å². The molecule has 0 radical (unpaired) electrons. The lowest BCUT2D eigenvalue weighted by molar-refractivity contribution is -0.121. The minimum atomic E-state index is -2.98. The third-order valence-electron chi connectivity index (χ3n) is 3.88. The molecule has 1 aromatic rings. The number of benzene rings is 1. The van der Waals surface area contributed by atoms with Crippen LogP contribution in [-0.4, -0.2) is 45.9 Å². The fourth-order valence-electron chi connectivity index (χ4n) is 2.74. The zero-order chi connectivity index (χ0) is 17.2. The van der Waals surface area contributed by atoms with Crippen LogP contribution in [0, 0.1) is 5.92 Å². The van der Waals surface area contributed by atoms with Crippen LogP contribution in [0.25, 0.3) is 0 Å². The van der Waals surface area contributed by atoms with Crippen molar-refractivity contribution < 1.29 is 27.4 Å². The fraction of sp³-hybridized carbons (Fsp3) is 0.467. The Labute approximate surface area is 139 Å². The van der Waals surface area contributed by atoms with Crippen LogP contribution >= 0.6 is 0 Å². The van der Waals surface area contributed by atoms with E-state index >= 15 is 0 Å². The summed E-state index contributed by atoms with van der Waals surface area (Å²) >= 11 is 0. The number of nitrogens with one attached hydrogen (secondary N) is 1. The molecule has 1 saturated heterocycles. The van der Waals surface area contributed by atoms with Crippen molar-refractivity contribution in [1.29, 1.82) is 0 Å². The Hall–Kier alpha value is -2.29. The summed E-state index contributed by atoms with van der Waals surface area (Å²) in [5, 5.41) is 3.89. The van der Waals surface area contributed by atoms with Gasteiger partial charge in [-0.15, -0.1) is 0 Å². The molecule has 2 aliphatic rings. The quantitative estimate of drug-likeness (QED) is 0.617. The van der Waals surface area contributed by atoms with Crippen molar-refractivity contribution in [2.75, 3.05) is 25.4 Å². The van der Waals surface area contributed by atoms with E-state index in [4.69, 9.17) is 14.2 Å². The van der Waals surface area contributed by atoms with Crippen LogP contribution in [0.1, 0.15) is 18.4 Å². The van der Waals surface area contributed by atoms with E-state index in [9.17, 15) is 13.2 Å². The second kappa shape index (κ2) is 6.68. The van der Waals surface area contributed by atoms with E-state index in [1.54, 1.807) is 12.1 Å². The molecule has 1 fully saturated rings. The predicted molar refractivity (Wildman–Crippen MR) is 86.2 cm³/mol. The van der Waals surface area contributed by atoms with Gasteiger partial charge in [-0.3, -0.25) is 4.79 Å². The molecule has 0 spiro atoms. The minimum Gasteiger partial charge on any atom is -0.493 e. The van der Waals surface area contributed by atoms with Gasteiger partial charge in [-0.05, 0) is 24.5 Å². The molecule has 1 N–H and O–H groups in total. The molecule has 1 aromatic carbocycles. The SMILES string of the molecule is COc1cc(/C=N\NC(=O)C[C@H]2CCS(=O)(=O)C2)cc2c1OCO2. The number of carbonyl (C=O) groups is 1. The van der Waals surface area contributed by atoms with Gasteiger partial charge in [0.25, 0.3) is 0 Å². The topological polar surface area (TPSA) is 103 Å². The Kier molecular flexibility index (Phi) is 4.61. The molecule has 3 rings (SSSR count). The van der Waals surface area contributed by atoms with Crippen LogP contribution in [0.4, 0.5) is 0 Å². The monoisotopic (exact) mass is 354 g/mol. The number of sulfone groups is 1. The second-order valence-electron chi connectivity index (χ2n) is 5.72. The number of nitrogens with zero attached hydrogens (tertiary/aromatic N) is 1. The lowest BCUT2D eigenvalue weighted by Gasteiger charge is -2.06. The summed E-state index contributed by atoms with van der Waals surface area (Å²) in [6.45, 7) is 0.132. The predicted octanol–water partition coefficient (Wildman–Crippen LogP) is 0.699. The van der Waals surface area contributed by atoms with Crippen molar-refractivity contribution >= 4 is 22.0 Å². The van der Waals surface area contributed by atoms with Gasteiger partial charge < -0.3 is 14.2 Å². The highest BCUT2D eigenvalue weighted by atomic mass is 32.2. The zero-order valence-corrected chi connectivity index (χ0v) is 14.0. The number of hydrogen-bond acceptors (Lipinski definition) is 7. The van der Waals surface area contributed by atoms with Gasteiger partial charge in [0.1, 0.15) is 0 Å². The Morgan fingerprint density at radius 1 is 1.46 bits per heavy atom. The van der Waals surface area contributed by atoms with Gasteiger partial charge in [-0.2, -0.15) is 5.10 Å². The lowest BCUT2D eigenvalue weighted by Crippen LogP contribution is -2.21. The highest BCUT2D eigenvalue weighted by molar-refractivity contribution is 7.91. The highest BCUT2D eigenvalue weighted by Gasteiger charge is 2.29. The van der Waals surface area contributed by atoms with Gasteiger partial charge in [0.15, 0.2) is 21.3 Å². The third-order valence-corrected chi connectivity index (χ3v) is 5.72. The maximum absolute atomic E-state index is 11.8. The summed E-state index contributed by atoms with van der Waals surface area (Å²) in [5.41, 5.74) is 3.09. The van der Waals surface area contributed by atoms with E-state index in [1.807, 2.05) is 0 Å². The summed E-state index contributed by atoms with van der Waals surface area (Å²) < 4.78 is 38.6. The van der Waals surface area contributed by atoms with E-state index in [1.165, 1.54) is 13.3 Å². The molecular weight excluding hydrogens is 336 g/mol. The standard InChI is InChI=1S/C15H18N2O6S/c1-21-12-4-11(5-13-15(12)23-9-22-13)7-16-17-14(18)6-10-2-3-24(19,20)8-10/h4-5,7,10H,2-3,6,8-9H2,1H3,(H,17,18)/b16-7-/t10-/m1/s1. The van der Waals surface area contributed by atoms with Crippen LogP contribution in [0.15, 0.2) is 17.2 Å². The maximum Gasteiger partial charge on any atom is 0.240 e. The minimum absolute atomic E-state index is 0.0729. The average molecular weight is 354 g/mol. The number of hydrogen-bond donors (Lipinski definition) is 1. The molecule has 0 aliphatic carbocycles. The van der Waals surface area contributed by atoms with Crippen molar-refractivity contribution in [3.63, 3.8) is 0 Å². The summed E-state index contributed by atoms with van der Waals surface area (Å²) in [6.07, 6.45) is 2.15. The highest BCUT2D eigenvalue weighted by Crippen LogP contribution is 2.41. The van der Waals surface area contributed by atoms with Crippen molar-refractivity contribution in [2.45, 2.75) is 12.8 Å². The summed E-state index contributed by atoms with van der Waals surface area (Å²) in [7, 11) is -1.45. The maximum atomic E-state index is 11.8. The smallest absolute Gasteiger partial charge is 0.240 e. The van der Waals surface area contributed by atoms with Crippen LogP contribution < -0.4 is 19.6 Å². The first-order valence-corrected chi connectivity index (χ1v) is 9.29. The molecule has 8 nitrogen and oxygen atoms in total. The number of fused-ring (bicyclic) bond motifs is 1. The number of carbonyl (C=O) groups excluding carboxylic acids is 1. The van der Waals surface area contributed by atoms with Gasteiger partial charge in [0.05, 0.1) is 24.8 Å². The number of methoxy groups -OCH3 is 1. The summed E-state index contributed by atoms with van der Waals surface area (Å²) in [4.78, 5) is 11.8. The average Bonchev–Trinajstić information content (AvgIpc) is 3.12. The van der Waals surface area contributed by atoms with Crippen molar-refractivity contribution in [1.82, 2.24) is 5.43 Å². The molecule has 24 heavy (non-hydrogen) atoms. The third kappa shape index (κ3) is 3.78. The first-order chi connectivity index (χ1) is 11.5. The van der Waals surface area contributed by atoms with Crippen LogP contribution in [0.2, 0.25) is 0 Å². The normalized spacial score (nSPS) is 21.1. The number of amides is 1. The molecule has 0 bridgehead atoms. The first kappa shape index (κ1) is 16.6. The molecule has 0 saturated carbocycles. The van der Waals surface area contributed by atoms with Gasteiger partial charge in [0, 0.05) is 12.0 Å². The van der Waals surface area contributed by atoms with Gasteiger partial charge in [0.2, 0.25) is 18.4 Å². The molecular formula is C15H18N2O6S. The Bertz CT molecular complexity index is 774. The van der Waals surface area contributed by atoms with Crippen molar-refractivity contribution in [2.24, 2.45) is 11.0 Å². The number of ether oxygens (including phenoxy) is 3. The van der Waals surface area contributed by atoms with E-state index in [0.717, 1.165) is 0 Å². The van der Waals surface area contributed by atoms with Crippen LogP contribution in [0.5, 0.6) is 17.2 Å². The van der Waals surface area contributed by atoms with E-state index in [2.05, 4.69) is 10.5 Å². The first-order valence-electron chi connectivity index (χ1n) is 7.47. The fourth-order valence-corrected chi connectivity index (χ4v) is 4.61. The molecule has 1 atom stereocenters. The Balaban J connectivity index is 1.57. The number of hydrazone groups is 1. The Morgan fingerprint density at radius 2 is 2.29 bits per heavy atom. The number of rotatable bonds is 5. The van der Waals surface area contributed by atoms with E-state index in [-0.39, 0.29) is 36.5 Å². The van der Waals surface area contributed by atoms with Gasteiger partial charge in [-0.25, -0.2) is 13.8 Å². The van der Waals surface area contributed by atoms with Crippen LogP contribution in [0.3, 0.4) is 0 Å². The van der Waals surface area contributed by atoms with Crippen LogP contribution in [-0.2, 0) is 14.6 Å². The second-order valence-corrected chi connectivity index (χ2v) is 7.95. The summed E-state index contributed by atoms with van der Waals surface area (Å²) in [5.74, 6) is 1.42.